The monoisotopic (exact) mass is 334 g/mol. The summed E-state index contributed by atoms with van der Waals surface area (Å²) < 4.78 is 1.67. The van der Waals surface area contributed by atoms with Crippen molar-refractivity contribution in [2.75, 3.05) is 5.32 Å². The molecule has 0 spiro atoms. The van der Waals surface area contributed by atoms with Crippen LogP contribution < -0.4 is 11.1 Å². The zero-order valence-electron chi connectivity index (χ0n) is 8.47. The van der Waals surface area contributed by atoms with Gasteiger partial charge in [0.25, 0.3) is 0 Å². The Balaban J connectivity index is 3.00. The van der Waals surface area contributed by atoms with Crippen LogP contribution in [0, 0.1) is 6.92 Å². The topological polar surface area (TPSA) is 55.1 Å². The smallest absolute Gasteiger partial charge is 0.241 e. The molecule has 1 aromatic rings. The molecule has 0 aromatic heterocycles. The highest BCUT2D eigenvalue weighted by atomic mass is 79.9. The van der Waals surface area contributed by atoms with E-state index in [9.17, 15) is 4.79 Å². The molecule has 0 aliphatic rings. The lowest BCUT2D eigenvalue weighted by molar-refractivity contribution is -0.117. The Kier molecular flexibility index (Phi) is 4.31. The van der Waals surface area contributed by atoms with E-state index in [0.29, 0.717) is 5.69 Å². The van der Waals surface area contributed by atoms with Crippen LogP contribution >= 0.6 is 31.9 Å². The Labute approximate surface area is 106 Å². The van der Waals surface area contributed by atoms with Crippen molar-refractivity contribution in [3.05, 3.63) is 26.6 Å². The molecule has 1 aromatic carbocycles. The second-order valence-electron chi connectivity index (χ2n) is 3.38. The van der Waals surface area contributed by atoms with Gasteiger partial charge in [-0.15, -0.1) is 0 Å². The maximum Gasteiger partial charge on any atom is 0.241 e. The fourth-order valence-corrected chi connectivity index (χ4v) is 2.67. The summed E-state index contributed by atoms with van der Waals surface area (Å²) in [4.78, 5) is 11.4. The summed E-state index contributed by atoms with van der Waals surface area (Å²) in [7, 11) is 0. The molecule has 1 amide bonds. The number of rotatable bonds is 2. The van der Waals surface area contributed by atoms with E-state index in [1.165, 1.54) is 0 Å². The maximum absolute atomic E-state index is 11.4. The molecule has 3 N–H and O–H groups in total. The van der Waals surface area contributed by atoms with Crippen molar-refractivity contribution in [3.63, 3.8) is 0 Å². The first kappa shape index (κ1) is 12.7. The summed E-state index contributed by atoms with van der Waals surface area (Å²) in [5.74, 6) is -0.208. The average molecular weight is 336 g/mol. The van der Waals surface area contributed by atoms with Gasteiger partial charge in [0.1, 0.15) is 0 Å². The number of nitrogens with two attached hydrogens (primary N) is 1. The van der Waals surface area contributed by atoms with E-state index in [-0.39, 0.29) is 5.91 Å². The van der Waals surface area contributed by atoms with Gasteiger partial charge in [-0.05, 0) is 63.4 Å². The third-order valence-electron chi connectivity index (χ3n) is 1.85. The molecule has 0 aliphatic carbocycles. The molecule has 0 heterocycles. The Hall–Kier alpha value is -0.390. The minimum absolute atomic E-state index is 0.208. The van der Waals surface area contributed by atoms with Gasteiger partial charge in [0, 0.05) is 8.95 Å². The van der Waals surface area contributed by atoms with E-state index in [1.807, 2.05) is 19.1 Å². The first-order valence-corrected chi connectivity index (χ1v) is 6.02. The summed E-state index contributed by atoms with van der Waals surface area (Å²) >= 11 is 6.78. The molecule has 3 nitrogen and oxygen atoms in total. The van der Waals surface area contributed by atoms with Gasteiger partial charge in [-0.1, -0.05) is 0 Å². The van der Waals surface area contributed by atoms with Crippen molar-refractivity contribution >= 4 is 43.5 Å². The lowest BCUT2D eigenvalue weighted by Gasteiger charge is -2.12. The summed E-state index contributed by atoms with van der Waals surface area (Å²) in [5, 5.41) is 2.75. The molecule has 0 radical (unpaired) electrons. The Bertz CT molecular complexity index is 368. The van der Waals surface area contributed by atoms with Crippen LogP contribution in [0.25, 0.3) is 0 Å². The lowest BCUT2D eigenvalue weighted by atomic mass is 10.2. The number of carbonyl (C=O) groups excluding carboxylic acids is 1. The SMILES string of the molecule is Cc1cc(Br)c(NC(=O)[C@@H](C)N)c(Br)c1. The zero-order chi connectivity index (χ0) is 11.6. The van der Waals surface area contributed by atoms with Gasteiger partial charge in [-0.25, -0.2) is 0 Å². The quantitative estimate of drug-likeness (QED) is 0.873. The molecule has 1 atom stereocenters. The summed E-state index contributed by atoms with van der Waals surface area (Å²) in [6.07, 6.45) is 0. The van der Waals surface area contributed by atoms with E-state index in [1.54, 1.807) is 6.92 Å². The second-order valence-corrected chi connectivity index (χ2v) is 5.09. The highest BCUT2D eigenvalue weighted by molar-refractivity contribution is 9.11. The zero-order valence-corrected chi connectivity index (χ0v) is 11.6. The number of carbonyl (C=O) groups is 1. The van der Waals surface area contributed by atoms with E-state index < -0.39 is 6.04 Å². The Morgan fingerprint density at radius 1 is 1.40 bits per heavy atom. The van der Waals surface area contributed by atoms with Gasteiger partial charge in [-0.3, -0.25) is 4.79 Å². The molecule has 0 bridgehead atoms. The van der Waals surface area contributed by atoms with E-state index in [2.05, 4.69) is 37.2 Å². The number of benzene rings is 1. The van der Waals surface area contributed by atoms with Gasteiger partial charge >= 0.3 is 0 Å². The van der Waals surface area contributed by atoms with Crippen molar-refractivity contribution in [2.24, 2.45) is 5.73 Å². The van der Waals surface area contributed by atoms with Crippen molar-refractivity contribution in [1.29, 1.82) is 0 Å². The summed E-state index contributed by atoms with van der Waals surface area (Å²) in [6, 6.07) is 3.34. The Morgan fingerprint density at radius 3 is 2.27 bits per heavy atom. The van der Waals surface area contributed by atoms with Gasteiger partial charge in [-0.2, -0.15) is 0 Å². The third kappa shape index (κ3) is 3.29. The highest BCUT2D eigenvalue weighted by Gasteiger charge is 2.12. The van der Waals surface area contributed by atoms with Gasteiger partial charge in [0.2, 0.25) is 5.91 Å². The standard InChI is InChI=1S/C10H12Br2N2O/c1-5-3-7(11)9(8(12)4-5)14-10(15)6(2)13/h3-4,6H,13H2,1-2H3,(H,14,15)/t6-/m1/s1. The summed E-state index contributed by atoms with van der Waals surface area (Å²) in [6.45, 7) is 3.62. The molecule has 15 heavy (non-hydrogen) atoms. The maximum atomic E-state index is 11.4. The summed E-state index contributed by atoms with van der Waals surface area (Å²) in [5.41, 5.74) is 7.29. The predicted molar refractivity (Wildman–Crippen MR) is 68.9 cm³/mol. The highest BCUT2D eigenvalue weighted by Crippen LogP contribution is 2.32. The minimum Gasteiger partial charge on any atom is -0.323 e. The largest absolute Gasteiger partial charge is 0.323 e. The molecule has 82 valence electrons. The van der Waals surface area contributed by atoms with Crippen LogP contribution in [0.4, 0.5) is 5.69 Å². The second kappa shape index (κ2) is 5.09. The van der Waals surface area contributed by atoms with Crippen molar-refractivity contribution in [1.82, 2.24) is 0 Å². The molecule has 0 unspecified atom stereocenters. The van der Waals surface area contributed by atoms with E-state index in [4.69, 9.17) is 5.73 Å². The van der Waals surface area contributed by atoms with Gasteiger partial charge < -0.3 is 11.1 Å². The van der Waals surface area contributed by atoms with Gasteiger partial charge in [0.15, 0.2) is 0 Å². The number of nitrogens with one attached hydrogen (secondary N) is 1. The average Bonchev–Trinajstić information content (AvgIpc) is 2.10. The molecule has 0 fully saturated rings. The van der Waals surface area contributed by atoms with Crippen LogP contribution in [-0.4, -0.2) is 11.9 Å². The van der Waals surface area contributed by atoms with Crippen LogP contribution in [0.2, 0.25) is 0 Å². The first-order chi connectivity index (χ1) is 6.91. The van der Waals surface area contributed by atoms with Crippen LogP contribution in [0.5, 0.6) is 0 Å². The van der Waals surface area contributed by atoms with E-state index in [0.717, 1.165) is 14.5 Å². The Morgan fingerprint density at radius 2 is 1.87 bits per heavy atom. The predicted octanol–water partition coefficient (Wildman–Crippen LogP) is 2.81. The molecular formula is C10H12Br2N2O. The molecule has 1 rings (SSSR count). The number of aryl methyl sites for hydroxylation is 1. The van der Waals surface area contributed by atoms with Crippen LogP contribution in [0.1, 0.15) is 12.5 Å². The molecule has 0 saturated heterocycles. The number of hydrogen-bond donors (Lipinski definition) is 2. The number of hydrogen-bond acceptors (Lipinski definition) is 2. The first-order valence-electron chi connectivity index (χ1n) is 4.44. The third-order valence-corrected chi connectivity index (χ3v) is 3.10. The lowest BCUT2D eigenvalue weighted by Crippen LogP contribution is -2.32. The van der Waals surface area contributed by atoms with Crippen LogP contribution in [0.3, 0.4) is 0 Å². The fourth-order valence-electron chi connectivity index (χ4n) is 1.06. The van der Waals surface area contributed by atoms with Crippen molar-refractivity contribution in [3.8, 4) is 0 Å². The minimum atomic E-state index is -0.523. The van der Waals surface area contributed by atoms with Gasteiger partial charge in [0.05, 0.1) is 11.7 Å². The number of halogens is 2. The molecule has 0 saturated carbocycles. The molecule has 5 heteroatoms. The van der Waals surface area contributed by atoms with Crippen LogP contribution in [-0.2, 0) is 4.79 Å². The number of amides is 1. The van der Waals surface area contributed by atoms with E-state index >= 15 is 0 Å². The van der Waals surface area contributed by atoms with Crippen molar-refractivity contribution < 1.29 is 4.79 Å². The normalized spacial score (nSPS) is 12.3. The number of anilines is 1. The van der Waals surface area contributed by atoms with Crippen molar-refractivity contribution in [2.45, 2.75) is 19.9 Å². The molecular weight excluding hydrogens is 324 g/mol. The van der Waals surface area contributed by atoms with Crippen LogP contribution in [0.15, 0.2) is 21.1 Å². The molecule has 0 aliphatic heterocycles. The fraction of sp³-hybridized carbons (Fsp3) is 0.300.